The van der Waals surface area contributed by atoms with Gasteiger partial charge in [-0.25, -0.2) is 8.42 Å². The third kappa shape index (κ3) is 2.58. The van der Waals surface area contributed by atoms with Gasteiger partial charge in [0.15, 0.2) is 0 Å². The minimum atomic E-state index is -4.54. The van der Waals surface area contributed by atoms with E-state index in [0.717, 1.165) is 0 Å². The smallest absolute Gasteiger partial charge is 0.217 e. The molecular formula is C11H14F2O2S. The minimum Gasteiger partial charge on any atom is -0.217 e. The third-order valence-corrected chi connectivity index (χ3v) is 4.15. The Bertz CT molecular complexity index is 427. The van der Waals surface area contributed by atoms with Crippen molar-refractivity contribution in [2.45, 2.75) is 36.3 Å². The summed E-state index contributed by atoms with van der Waals surface area (Å²) >= 11 is 0. The van der Waals surface area contributed by atoms with Crippen molar-refractivity contribution in [1.82, 2.24) is 0 Å². The van der Waals surface area contributed by atoms with Crippen molar-refractivity contribution in [2.24, 2.45) is 0 Å². The fourth-order valence-corrected chi connectivity index (χ4v) is 2.56. The van der Waals surface area contributed by atoms with E-state index in [-0.39, 0.29) is 11.3 Å². The highest BCUT2D eigenvalue weighted by Crippen LogP contribution is 2.33. The molecule has 16 heavy (non-hydrogen) atoms. The first kappa shape index (κ1) is 13.1. The molecule has 0 aliphatic carbocycles. The van der Waals surface area contributed by atoms with Crippen LogP contribution >= 0.6 is 0 Å². The van der Waals surface area contributed by atoms with Gasteiger partial charge in [0.2, 0.25) is 9.84 Å². The van der Waals surface area contributed by atoms with E-state index in [4.69, 9.17) is 0 Å². The third-order valence-electron chi connectivity index (χ3n) is 2.27. The molecular weight excluding hydrogens is 234 g/mol. The summed E-state index contributed by atoms with van der Waals surface area (Å²) in [6.45, 7) is 1.74. The van der Waals surface area contributed by atoms with E-state index in [9.17, 15) is 17.2 Å². The normalized spacial score (nSPS) is 12.7. The second kappa shape index (κ2) is 4.91. The molecule has 0 N–H and O–H groups in total. The molecule has 0 saturated carbocycles. The van der Waals surface area contributed by atoms with Gasteiger partial charge in [-0.15, -0.1) is 0 Å². The molecule has 0 aromatic heterocycles. The lowest BCUT2D eigenvalue weighted by molar-refractivity contribution is 0.0794. The summed E-state index contributed by atoms with van der Waals surface area (Å²) < 4.78 is 50.2. The predicted molar refractivity (Wildman–Crippen MR) is 58.1 cm³/mol. The number of alkyl halides is 2. The minimum absolute atomic E-state index is 0.194. The van der Waals surface area contributed by atoms with Gasteiger partial charge in [-0.2, -0.15) is 8.78 Å². The van der Waals surface area contributed by atoms with Gasteiger partial charge in [-0.05, 0) is 18.6 Å². The Morgan fingerprint density at radius 2 is 1.75 bits per heavy atom. The van der Waals surface area contributed by atoms with Crippen LogP contribution in [-0.2, 0) is 9.84 Å². The fourth-order valence-electron chi connectivity index (χ4n) is 1.29. The zero-order valence-corrected chi connectivity index (χ0v) is 9.81. The number of halogens is 2. The zero-order chi connectivity index (χ0) is 12.2. The fraction of sp³-hybridized carbons (Fsp3) is 0.455. The van der Waals surface area contributed by atoms with Crippen LogP contribution < -0.4 is 0 Å². The number of unbranched alkanes of at least 4 members (excludes halogenated alkanes) is 1. The van der Waals surface area contributed by atoms with Gasteiger partial charge < -0.3 is 0 Å². The van der Waals surface area contributed by atoms with E-state index >= 15 is 0 Å². The highest BCUT2D eigenvalue weighted by Gasteiger charge is 2.44. The number of benzene rings is 1. The molecule has 0 heterocycles. The van der Waals surface area contributed by atoms with Crippen molar-refractivity contribution < 1.29 is 17.2 Å². The first-order chi connectivity index (χ1) is 7.42. The number of rotatable bonds is 5. The standard InChI is InChI=1S/C11H14F2O2S/c1-2-3-9-11(12,13)16(14,15)10-7-5-4-6-8-10/h4-8H,2-3,9H2,1H3. The Balaban J connectivity index is 3.02. The maximum atomic E-state index is 13.5. The average Bonchev–Trinajstić information content (AvgIpc) is 2.27. The zero-order valence-electron chi connectivity index (χ0n) is 8.99. The van der Waals surface area contributed by atoms with E-state index in [0.29, 0.717) is 6.42 Å². The van der Waals surface area contributed by atoms with Crippen molar-refractivity contribution in [3.05, 3.63) is 30.3 Å². The largest absolute Gasteiger partial charge is 0.350 e. The van der Waals surface area contributed by atoms with E-state index in [1.54, 1.807) is 13.0 Å². The van der Waals surface area contributed by atoms with Crippen molar-refractivity contribution in [3.63, 3.8) is 0 Å². The molecule has 5 heteroatoms. The Kier molecular flexibility index (Phi) is 4.02. The number of sulfone groups is 1. The van der Waals surface area contributed by atoms with Gasteiger partial charge in [0.1, 0.15) is 0 Å². The second-order valence-corrected chi connectivity index (χ2v) is 5.63. The first-order valence-electron chi connectivity index (χ1n) is 5.09. The topological polar surface area (TPSA) is 34.1 Å². The summed E-state index contributed by atoms with van der Waals surface area (Å²) in [5, 5.41) is -3.68. The molecule has 90 valence electrons. The van der Waals surface area contributed by atoms with Crippen molar-refractivity contribution in [3.8, 4) is 0 Å². The van der Waals surface area contributed by atoms with Crippen LogP contribution in [0.2, 0.25) is 0 Å². The summed E-state index contributed by atoms with van der Waals surface area (Å²) in [5.74, 6) is 0. The molecule has 0 aliphatic heterocycles. The van der Waals surface area contributed by atoms with Crippen LogP contribution in [0.3, 0.4) is 0 Å². The Morgan fingerprint density at radius 3 is 2.25 bits per heavy atom. The van der Waals surface area contributed by atoms with Crippen LogP contribution in [0, 0.1) is 0 Å². The molecule has 0 unspecified atom stereocenters. The van der Waals surface area contributed by atoms with E-state index in [2.05, 4.69) is 0 Å². The molecule has 2 nitrogen and oxygen atoms in total. The van der Waals surface area contributed by atoms with Crippen LogP contribution in [0.1, 0.15) is 26.2 Å². The molecule has 0 amide bonds. The van der Waals surface area contributed by atoms with E-state index < -0.39 is 21.5 Å². The summed E-state index contributed by atoms with van der Waals surface area (Å²) in [7, 11) is -4.54. The quantitative estimate of drug-likeness (QED) is 0.801. The van der Waals surface area contributed by atoms with E-state index in [1.807, 2.05) is 0 Å². The lowest BCUT2D eigenvalue weighted by Crippen LogP contribution is -2.28. The van der Waals surface area contributed by atoms with Gasteiger partial charge in [-0.1, -0.05) is 31.5 Å². The van der Waals surface area contributed by atoms with Gasteiger partial charge in [0.25, 0.3) is 0 Å². The van der Waals surface area contributed by atoms with E-state index in [1.165, 1.54) is 24.3 Å². The Labute approximate surface area is 94.2 Å². The number of hydrogen-bond donors (Lipinski definition) is 0. The Hall–Kier alpha value is -0.970. The number of hydrogen-bond acceptors (Lipinski definition) is 2. The first-order valence-corrected chi connectivity index (χ1v) is 6.57. The molecule has 0 radical (unpaired) electrons. The monoisotopic (exact) mass is 248 g/mol. The molecule has 0 fully saturated rings. The van der Waals surface area contributed by atoms with Gasteiger partial charge >= 0.3 is 5.25 Å². The maximum absolute atomic E-state index is 13.5. The van der Waals surface area contributed by atoms with Crippen LogP contribution in [0.15, 0.2) is 35.2 Å². The maximum Gasteiger partial charge on any atom is 0.350 e. The average molecular weight is 248 g/mol. The molecule has 0 atom stereocenters. The van der Waals surface area contributed by atoms with Crippen molar-refractivity contribution >= 4 is 9.84 Å². The van der Waals surface area contributed by atoms with Gasteiger partial charge in [0.05, 0.1) is 4.90 Å². The Morgan fingerprint density at radius 1 is 1.19 bits per heavy atom. The molecule has 1 aromatic carbocycles. The molecule has 1 rings (SSSR count). The van der Waals surface area contributed by atoms with Crippen molar-refractivity contribution in [1.29, 1.82) is 0 Å². The summed E-state index contributed by atoms with van der Waals surface area (Å²) in [5.41, 5.74) is 0. The molecule has 0 bridgehead atoms. The molecule has 0 spiro atoms. The van der Waals surface area contributed by atoms with Gasteiger partial charge in [0, 0.05) is 6.42 Å². The van der Waals surface area contributed by atoms with Gasteiger partial charge in [-0.3, -0.25) is 0 Å². The summed E-state index contributed by atoms with van der Waals surface area (Å²) in [4.78, 5) is -0.323. The molecule has 0 saturated heterocycles. The van der Waals surface area contributed by atoms with Crippen LogP contribution in [0.5, 0.6) is 0 Å². The van der Waals surface area contributed by atoms with Crippen LogP contribution in [0.4, 0.5) is 8.78 Å². The summed E-state index contributed by atoms with van der Waals surface area (Å²) in [6.07, 6.45) is 0.111. The molecule has 1 aromatic rings. The summed E-state index contributed by atoms with van der Waals surface area (Å²) in [6, 6.07) is 6.83. The lowest BCUT2D eigenvalue weighted by Gasteiger charge is -2.16. The molecule has 0 aliphatic rings. The van der Waals surface area contributed by atoms with Crippen LogP contribution in [0.25, 0.3) is 0 Å². The highest BCUT2D eigenvalue weighted by atomic mass is 32.2. The van der Waals surface area contributed by atoms with Crippen LogP contribution in [-0.4, -0.2) is 13.7 Å². The predicted octanol–water partition coefficient (Wildman–Crippen LogP) is 3.24. The SMILES string of the molecule is CCCCC(F)(F)S(=O)(=O)c1ccccc1. The van der Waals surface area contributed by atoms with Crippen molar-refractivity contribution in [2.75, 3.05) is 0 Å². The lowest BCUT2D eigenvalue weighted by atomic mass is 10.3. The highest BCUT2D eigenvalue weighted by molar-refractivity contribution is 7.92. The second-order valence-electron chi connectivity index (χ2n) is 3.56.